The Morgan fingerprint density at radius 3 is 1.77 bits per heavy atom. The Hall–Kier alpha value is -4.36. The van der Waals surface area contributed by atoms with Gasteiger partial charge in [-0.3, -0.25) is 9.97 Å². The lowest BCUT2D eigenvalue weighted by Crippen LogP contribution is -2.30. The van der Waals surface area contributed by atoms with Crippen LogP contribution in [-0.2, 0) is 13.0 Å². The number of aromatic nitrogens is 2. The second kappa shape index (κ2) is 30.3. The molecule has 0 fully saturated rings. The molecular formula is C40H65N7. The molecule has 3 aromatic rings. The molecule has 0 spiro atoms. The molecule has 0 aliphatic rings. The summed E-state index contributed by atoms with van der Waals surface area (Å²) < 4.78 is 0. The highest BCUT2D eigenvalue weighted by Crippen LogP contribution is 2.18. The molecule has 47 heavy (non-hydrogen) atoms. The normalized spacial score (nSPS) is 10.7. The molecule has 0 radical (unpaired) electrons. The Labute approximate surface area is 287 Å². The van der Waals surface area contributed by atoms with Crippen LogP contribution in [0.3, 0.4) is 0 Å². The third-order valence-electron chi connectivity index (χ3n) is 6.33. The molecule has 8 N–H and O–H groups in total. The summed E-state index contributed by atoms with van der Waals surface area (Å²) in [5, 5.41) is 7.00. The standard InChI is InChI=1S/C25H37N5.C7H8.C4H10.2C2H5N/c1-19(14-23-10-6-5-7-11-23)21(3)28-16-24(12-8-9-13-26)22(4)29-18-25-17-27-20(2)15-30-25;1-7-5-3-2-4-6-7;1-4(2)3;2*1-2-3/h5-7,10-11,15,17,19,24,28-29H,3-4,8-9,12-14,16,18,26H2,1-2H3;2-6H,1H3;4H,1-3H3;2*2H,1,3H2. The van der Waals surface area contributed by atoms with Gasteiger partial charge in [0.1, 0.15) is 0 Å². The lowest BCUT2D eigenvalue weighted by molar-refractivity contribution is 0.460. The summed E-state index contributed by atoms with van der Waals surface area (Å²) >= 11 is 0. The van der Waals surface area contributed by atoms with E-state index in [0.717, 1.165) is 67.5 Å². The van der Waals surface area contributed by atoms with E-state index < -0.39 is 0 Å². The molecule has 0 bridgehead atoms. The molecule has 0 aliphatic heterocycles. The van der Waals surface area contributed by atoms with Crippen LogP contribution in [-0.4, -0.2) is 23.1 Å². The first-order valence-electron chi connectivity index (χ1n) is 16.5. The summed E-state index contributed by atoms with van der Waals surface area (Å²) in [6, 6.07) is 20.8. The Morgan fingerprint density at radius 1 is 0.787 bits per heavy atom. The van der Waals surface area contributed by atoms with Gasteiger partial charge in [0.25, 0.3) is 0 Å². The first kappa shape index (κ1) is 44.8. The van der Waals surface area contributed by atoms with Crippen LogP contribution in [0.15, 0.2) is 123 Å². The van der Waals surface area contributed by atoms with Crippen molar-refractivity contribution in [2.45, 2.75) is 73.8 Å². The van der Waals surface area contributed by atoms with Crippen LogP contribution < -0.4 is 27.8 Å². The molecule has 2 aromatic carbocycles. The topological polar surface area (TPSA) is 128 Å². The van der Waals surface area contributed by atoms with Crippen molar-refractivity contribution in [1.82, 2.24) is 20.6 Å². The molecule has 2 unspecified atom stereocenters. The summed E-state index contributed by atoms with van der Waals surface area (Å²) in [6.07, 6.45) is 10.2. The van der Waals surface area contributed by atoms with Crippen LogP contribution in [0.5, 0.6) is 0 Å². The van der Waals surface area contributed by atoms with Crippen molar-refractivity contribution in [2.24, 2.45) is 35.0 Å². The zero-order valence-corrected chi connectivity index (χ0v) is 30.2. The molecular weight excluding hydrogens is 578 g/mol. The number of rotatable bonds is 14. The van der Waals surface area contributed by atoms with E-state index in [-0.39, 0.29) is 0 Å². The summed E-state index contributed by atoms with van der Waals surface area (Å²) in [6.45, 7) is 29.8. The highest BCUT2D eigenvalue weighted by atomic mass is 14.9. The van der Waals surface area contributed by atoms with Gasteiger partial charge in [-0.2, -0.15) is 0 Å². The highest BCUT2D eigenvalue weighted by molar-refractivity contribution is 5.17. The van der Waals surface area contributed by atoms with Crippen molar-refractivity contribution in [2.75, 3.05) is 13.1 Å². The van der Waals surface area contributed by atoms with E-state index in [1.807, 2.05) is 37.4 Å². The second-order valence-electron chi connectivity index (χ2n) is 11.9. The second-order valence-corrected chi connectivity index (χ2v) is 11.9. The highest BCUT2D eigenvalue weighted by Gasteiger charge is 2.15. The number of benzene rings is 2. The Morgan fingerprint density at radius 2 is 1.32 bits per heavy atom. The lowest BCUT2D eigenvalue weighted by atomic mass is 9.96. The van der Waals surface area contributed by atoms with Gasteiger partial charge < -0.3 is 27.8 Å². The van der Waals surface area contributed by atoms with Crippen molar-refractivity contribution >= 4 is 0 Å². The van der Waals surface area contributed by atoms with Gasteiger partial charge in [-0.1, -0.05) is 127 Å². The third-order valence-corrected chi connectivity index (χ3v) is 6.33. The Kier molecular flexibility index (Phi) is 28.9. The van der Waals surface area contributed by atoms with Crippen LogP contribution in [0, 0.1) is 31.6 Å². The summed E-state index contributed by atoms with van der Waals surface area (Å²) in [4.78, 5) is 8.72. The van der Waals surface area contributed by atoms with Gasteiger partial charge in [0, 0.05) is 30.1 Å². The maximum atomic E-state index is 5.69. The van der Waals surface area contributed by atoms with E-state index in [9.17, 15) is 0 Å². The van der Waals surface area contributed by atoms with E-state index >= 15 is 0 Å². The number of allylic oxidation sites excluding steroid dienone is 1. The number of unbranched alkanes of at least 4 members (excludes halogenated alkanes) is 1. The van der Waals surface area contributed by atoms with E-state index in [1.54, 1.807) is 6.20 Å². The van der Waals surface area contributed by atoms with E-state index in [4.69, 9.17) is 5.73 Å². The number of hydrogen-bond acceptors (Lipinski definition) is 7. The molecule has 7 heteroatoms. The first-order valence-corrected chi connectivity index (χ1v) is 16.5. The predicted molar refractivity (Wildman–Crippen MR) is 206 cm³/mol. The fraction of sp³-hybridized carbons (Fsp3) is 0.400. The molecule has 0 aliphatic carbocycles. The van der Waals surface area contributed by atoms with Crippen molar-refractivity contribution in [1.29, 1.82) is 0 Å². The van der Waals surface area contributed by atoms with Crippen LogP contribution in [0.1, 0.15) is 69.5 Å². The molecule has 0 saturated carbocycles. The summed E-state index contributed by atoms with van der Waals surface area (Å²) in [5.74, 6) is 1.50. The van der Waals surface area contributed by atoms with Gasteiger partial charge >= 0.3 is 0 Å². The quantitative estimate of drug-likeness (QED) is 0.113. The number of nitrogens with two attached hydrogens (primary N) is 3. The van der Waals surface area contributed by atoms with Crippen LogP contribution in [0.2, 0.25) is 0 Å². The average molecular weight is 644 g/mol. The summed E-state index contributed by atoms with van der Waals surface area (Å²) in [7, 11) is 0. The maximum Gasteiger partial charge on any atom is 0.0777 e. The maximum absolute atomic E-state index is 5.69. The zero-order valence-electron chi connectivity index (χ0n) is 30.2. The number of nitrogens with one attached hydrogen (secondary N) is 2. The van der Waals surface area contributed by atoms with Gasteiger partial charge in [-0.05, 0) is 69.5 Å². The fourth-order valence-corrected chi connectivity index (χ4v) is 3.85. The Balaban J connectivity index is 0. The molecule has 2 atom stereocenters. The smallest absolute Gasteiger partial charge is 0.0777 e. The number of hydrogen-bond donors (Lipinski definition) is 5. The van der Waals surface area contributed by atoms with E-state index in [0.29, 0.717) is 18.4 Å². The lowest BCUT2D eigenvalue weighted by Gasteiger charge is -2.24. The minimum atomic E-state index is 0.302. The van der Waals surface area contributed by atoms with Crippen LogP contribution in [0.25, 0.3) is 0 Å². The molecule has 1 heterocycles. The number of nitrogens with zero attached hydrogens (tertiary/aromatic N) is 2. The number of aryl methyl sites for hydroxylation is 2. The molecule has 0 saturated heterocycles. The largest absolute Gasteiger partial charge is 0.405 e. The fourth-order valence-electron chi connectivity index (χ4n) is 3.85. The molecule has 7 nitrogen and oxygen atoms in total. The minimum Gasteiger partial charge on any atom is -0.405 e. The van der Waals surface area contributed by atoms with Crippen LogP contribution >= 0.6 is 0 Å². The van der Waals surface area contributed by atoms with Gasteiger partial charge in [0.15, 0.2) is 0 Å². The van der Waals surface area contributed by atoms with Crippen LogP contribution in [0.4, 0.5) is 0 Å². The zero-order chi connectivity index (χ0) is 35.9. The molecule has 3 rings (SSSR count). The molecule has 0 amide bonds. The van der Waals surface area contributed by atoms with Crippen molar-refractivity contribution in [3.63, 3.8) is 0 Å². The van der Waals surface area contributed by atoms with Gasteiger partial charge in [-0.25, -0.2) is 0 Å². The SMILES string of the molecule is C=C(NCC(CCCCN)C(=C)NCc1cnc(C)cn1)C(C)Cc1ccccc1.C=CN.C=CN.CC(C)C.Cc1ccccc1. The van der Waals surface area contributed by atoms with Gasteiger partial charge in [0.2, 0.25) is 0 Å². The van der Waals surface area contributed by atoms with Gasteiger partial charge in [0.05, 0.1) is 24.1 Å². The molecule has 1 aromatic heterocycles. The van der Waals surface area contributed by atoms with E-state index in [2.05, 4.69) is 129 Å². The van der Waals surface area contributed by atoms with E-state index in [1.165, 1.54) is 23.5 Å². The van der Waals surface area contributed by atoms with Crippen molar-refractivity contribution in [3.8, 4) is 0 Å². The third kappa shape index (κ3) is 27.7. The van der Waals surface area contributed by atoms with Crippen molar-refractivity contribution < 1.29 is 0 Å². The average Bonchev–Trinajstić information content (AvgIpc) is 3.04. The van der Waals surface area contributed by atoms with Crippen molar-refractivity contribution in [3.05, 3.63) is 146 Å². The predicted octanol–water partition coefficient (Wildman–Crippen LogP) is 7.95. The molecule has 260 valence electrons. The Bertz CT molecular complexity index is 1170. The minimum absolute atomic E-state index is 0.302. The summed E-state index contributed by atoms with van der Waals surface area (Å²) in [5.41, 5.74) is 21.5. The van der Waals surface area contributed by atoms with Gasteiger partial charge in [-0.15, -0.1) is 0 Å². The first-order chi connectivity index (χ1) is 22.4. The monoisotopic (exact) mass is 644 g/mol.